The summed E-state index contributed by atoms with van der Waals surface area (Å²) in [5, 5.41) is 13.6. The van der Waals surface area contributed by atoms with E-state index < -0.39 is 0 Å². The summed E-state index contributed by atoms with van der Waals surface area (Å²) in [5.41, 5.74) is 0. The van der Waals surface area contributed by atoms with Gasteiger partial charge in [-0.15, -0.1) is 0 Å². The first-order valence-corrected chi connectivity index (χ1v) is 6.92. The van der Waals surface area contributed by atoms with E-state index in [2.05, 4.69) is 17.5 Å². The number of aliphatic hydroxyl groups is 1. The first-order valence-electron chi connectivity index (χ1n) is 6.92. The van der Waals surface area contributed by atoms with Gasteiger partial charge in [-0.3, -0.25) is 0 Å². The molecule has 0 heterocycles. The van der Waals surface area contributed by atoms with Gasteiger partial charge >= 0.3 is 0 Å². The summed E-state index contributed by atoms with van der Waals surface area (Å²) in [6.07, 6.45) is 12.1. The molecule has 90 valence electrons. The molecule has 16 heavy (non-hydrogen) atoms. The lowest BCUT2D eigenvalue weighted by Crippen LogP contribution is -2.50. The van der Waals surface area contributed by atoms with Gasteiger partial charge in [0.1, 0.15) is 0 Å². The standard InChI is InChI=1S/C14H23NO/c16-14-7-2-1-4-11(14)9-15-13-8-10-5-3-6-12(10)13/h3,6,10-16H,1-2,4-5,7-9H2. The molecule has 3 aliphatic carbocycles. The van der Waals surface area contributed by atoms with Crippen LogP contribution in [0.15, 0.2) is 12.2 Å². The number of allylic oxidation sites excluding steroid dienone is 1. The van der Waals surface area contributed by atoms with Crippen molar-refractivity contribution in [2.45, 2.75) is 50.7 Å². The fraction of sp³-hybridized carbons (Fsp3) is 0.857. The smallest absolute Gasteiger partial charge is 0.0580 e. The fourth-order valence-corrected chi connectivity index (χ4v) is 3.68. The average molecular weight is 221 g/mol. The molecule has 0 bridgehead atoms. The molecule has 2 fully saturated rings. The molecule has 0 aromatic carbocycles. The Balaban J connectivity index is 1.44. The lowest BCUT2D eigenvalue weighted by atomic mass is 9.71. The molecule has 0 aromatic heterocycles. The molecule has 5 atom stereocenters. The lowest BCUT2D eigenvalue weighted by Gasteiger charge is -2.42. The van der Waals surface area contributed by atoms with Crippen LogP contribution in [0.3, 0.4) is 0 Å². The Morgan fingerprint density at radius 2 is 2.12 bits per heavy atom. The molecule has 0 spiro atoms. The van der Waals surface area contributed by atoms with Gasteiger partial charge in [-0.1, -0.05) is 25.0 Å². The Morgan fingerprint density at radius 3 is 2.94 bits per heavy atom. The van der Waals surface area contributed by atoms with Crippen molar-refractivity contribution in [3.63, 3.8) is 0 Å². The lowest BCUT2D eigenvalue weighted by molar-refractivity contribution is 0.0600. The molecule has 2 N–H and O–H groups in total. The molecule has 5 unspecified atom stereocenters. The molecular formula is C14H23NO. The van der Waals surface area contributed by atoms with E-state index >= 15 is 0 Å². The first kappa shape index (κ1) is 10.8. The minimum atomic E-state index is -0.0451. The van der Waals surface area contributed by atoms with E-state index in [1.54, 1.807) is 0 Å². The topological polar surface area (TPSA) is 32.3 Å². The van der Waals surface area contributed by atoms with Crippen molar-refractivity contribution in [2.75, 3.05) is 6.54 Å². The summed E-state index contributed by atoms with van der Waals surface area (Å²) in [4.78, 5) is 0. The second kappa shape index (κ2) is 4.50. The average Bonchev–Trinajstić information content (AvgIpc) is 2.63. The van der Waals surface area contributed by atoms with Crippen molar-refractivity contribution in [3.05, 3.63) is 12.2 Å². The number of hydrogen-bond donors (Lipinski definition) is 2. The second-order valence-electron chi connectivity index (χ2n) is 5.86. The first-order chi connectivity index (χ1) is 7.84. The van der Waals surface area contributed by atoms with Crippen LogP contribution in [0.2, 0.25) is 0 Å². The number of hydrogen-bond acceptors (Lipinski definition) is 2. The predicted octanol–water partition coefficient (Wildman–Crippen LogP) is 2.09. The van der Waals surface area contributed by atoms with Crippen LogP contribution in [0.25, 0.3) is 0 Å². The zero-order valence-electron chi connectivity index (χ0n) is 9.94. The van der Waals surface area contributed by atoms with Crippen molar-refractivity contribution < 1.29 is 5.11 Å². The summed E-state index contributed by atoms with van der Waals surface area (Å²) in [5.74, 6) is 2.26. The summed E-state index contributed by atoms with van der Waals surface area (Å²) >= 11 is 0. The quantitative estimate of drug-likeness (QED) is 0.715. The van der Waals surface area contributed by atoms with Gasteiger partial charge in [0.05, 0.1) is 6.10 Å². The van der Waals surface area contributed by atoms with Gasteiger partial charge in [-0.05, 0) is 43.4 Å². The van der Waals surface area contributed by atoms with Gasteiger partial charge in [0.25, 0.3) is 0 Å². The van der Waals surface area contributed by atoms with Gasteiger partial charge in [0.15, 0.2) is 0 Å². The Kier molecular flexibility index (Phi) is 3.03. The van der Waals surface area contributed by atoms with Crippen LogP contribution >= 0.6 is 0 Å². The summed E-state index contributed by atoms with van der Waals surface area (Å²) in [6.45, 7) is 1.03. The van der Waals surface area contributed by atoms with Crippen LogP contribution in [0.5, 0.6) is 0 Å². The van der Waals surface area contributed by atoms with Gasteiger partial charge in [0, 0.05) is 12.6 Å². The Morgan fingerprint density at radius 1 is 1.25 bits per heavy atom. The van der Waals surface area contributed by atoms with Crippen LogP contribution in [-0.2, 0) is 0 Å². The van der Waals surface area contributed by atoms with Crippen LogP contribution in [0, 0.1) is 17.8 Å². The van der Waals surface area contributed by atoms with Crippen LogP contribution in [0.4, 0.5) is 0 Å². The van der Waals surface area contributed by atoms with E-state index in [1.165, 1.54) is 32.1 Å². The van der Waals surface area contributed by atoms with Gasteiger partial charge < -0.3 is 10.4 Å². The molecule has 0 amide bonds. The Labute approximate surface area is 98.1 Å². The van der Waals surface area contributed by atoms with E-state index in [0.29, 0.717) is 12.0 Å². The van der Waals surface area contributed by atoms with Gasteiger partial charge in [0.2, 0.25) is 0 Å². The van der Waals surface area contributed by atoms with E-state index in [9.17, 15) is 5.11 Å². The highest BCUT2D eigenvalue weighted by atomic mass is 16.3. The Hall–Kier alpha value is -0.340. The van der Waals surface area contributed by atoms with Crippen molar-refractivity contribution in [2.24, 2.45) is 17.8 Å². The molecule has 2 saturated carbocycles. The highest BCUT2D eigenvalue weighted by Crippen LogP contribution is 2.42. The minimum absolute atomic E-state index is 0.0451. The van der Waals surface area contributed by atoms with E-state index in [0.717, 1.165) is 24.8 Å². The Bertz CT molecular complexity index is 276. The normalized spacial score (nSPS) is 46.4. The number of fused-ring (bicyclic) bond motifs is 1. The molecule has 2 nitrogen and oxygen atoms in total. The van der Waals surface area contributed by atoms with Gasteiger partial charge in [-0.25, -0.2) is 0 Å². The zero-order valence-corrected chi connectivity index (χ0v) is 9.94. The molecule has 0 aromatic rings. The summed E-state index contributed by atoms with van der Waals surface area (Å²) in [7, 11) is 0. The number of aliphatic hydroxyl groups excluding tert-OH is 1. The van der Waals surface area contributed by atoms with Crippen LogP contribution in [0.1, 0.15) is 38.5 Å². The molecule has 3 rings (SSSR count). The highest BCUT2D eigenvalue weighted by molar-refractivity contribution is 5.12. The van der Waals surface area contributed by atoms with Crippen molar-refractivity contribution in [1.82, 2.24) is 5.32 Å². The largest absolute Gasteiger partial charge is 0.393 e. The third-order valence-corrected chi connectivity index (χ3v) is 4.87. The van der Waals surface area contributed by atoms with E-state index in [1.807, 2.05) is 0 Å². The third-order valence-electron chi connectivity index (χ3n) is 4.87. The molecule has 2 heteroatoms. The van der Waals surface area contributed by atoms with Crippen LogP contribution in [-0.4, -0.2) is 23.8 Å². The minimum Gasteiger partial charge on any atom is -0.393 e. The summed E-state index contributed by atoms with van der Waals surface area (Å²) < 4.78 is 0. The molecular weight excluding hydrogens is 198 g/mol. The van der Waals surface area contributed by atoms with Crippen molar-refractivity contribution in [1.29, 1.82) is 0 Å². The molecule has 0 radical (unpaired) electrons. The SMILES string of the molecule is OC1CCCCC1CNC1CC2CC=CC21. The van der Waals surface area contributed by atoms with Gasteiger partial charge in [-0.2, -0.15) is 0 Å². The summed E-state index contributed by atoms with van der Waals surface area (Å²) in [6, 6.07) is 0.706. The fourth-order valence-electron chi connectivity index (χ4n) is 3.68. The van der Waals surface area contributed by atoms with Crippen molar-refractivity contribution >= 4 is 0 Å². The maximum atomic E-state index is 9.91. The zero-order chi connectivity index (χ0) is 11.0. The maximum absolute atomic E-state index is 9.91. The number of nitrogens with one attached hydrogen (secondary N) is 1. The second-order valence-corrected chi connectivity index (χ2v) is 5.86. The monoisotopic (exact) mass is 221 g/mol. The van der Waals surface area contributed by atoms with Crippen molar-refractivity contribution in [3.8, 4) is 0 Å². The molecule has 0 saturated heterocycles. The van der Waals surface area contributed by atoms with Crippen LogP contribution < -0.4 is 5.32 Å². The third kappa shape index (κ3) is 1.93. The molecule has 3 aliphatic rings. The predicted molar refractivity (Wildman–Crippen MR) is 65.1 cm³/mol. The van der Waals surface area contributed by atoms with E-state index in [4.69, 9.17) is 0 Å². The number of rotatable bonds is 3. The molecule has 0 aliphatic heterocycles. The maximum Gasteiger partial charge on any atom is 0.0580 e. The van der Waals surface area contributed by atoms with E-state index in [-0.39, 0.29) is 6.10 Å². The highest BCUT2D eigenvalue weighted by Gasteiger charge is 2.40.